The van der Waals surface area contributed by atoms with Crippen molar-refractivity contribution in [3.05, 3.63) is 108 Å². The van der Waals surface area contributed by atoms with Crippen molar-refractivity contribution in [3.8, 4) is 0 Å². The molecule has 0 aromatic heterocycles. The Morgan fingerprint density at radius 2 is 1.18 bits per heavy atom. The third-order valence-corrected chi connectivity index (χ3v) is 6.34. The normalized spacial score (nSPS) is 23.0. The Labute approximate surface area is 203 Å². The van der Waals surface area contributed by atoms with E-state index in [9.17, 15) is 0 Å². The molecule has 0 aliphatic carbocycles. The molecule has 0 spiro atoms. The van der Waals surface area contributed by atoms with Crippen molar-refractivity contribution in [3.63, 3.8) is 0 Å². The van der Waals surface area contributed by atoms with Gasteiger partial charge in [-0.3, -0.25) is 0 Å². The van der Waals surface area contributed by atoms with Crippen LogP contribution in [0.2, 0.25) is 0 Å². The van der Waals surface area contributed by atoms with Crippen molar-refractivity contribution < 1.29 is 18.9 Å². The van der Waals surface area contributed by atoms with Gasteiger partial charge in [0.15, 0.2) is 0 Å². The maximum absolute atomic E-state index is 6.54. The van der Waals surface area contributed by atoms with Crippen molar-refractivity contribution in [1.29, 1.82) is 0 Å². The van der Waals surface area contributed by atoms with Crippen molar-refractivity contribution in [2.45, 2.75) is 77.0 Å². The van der Waals surface area contributed by atoms with E-state index in [0.717, 1.165) is 23.1 Å². The molecular formula is C30H36O4. The van der Waals surface area contributed by atoms with Crippen LogP contribution < -0.4 is 0 Å². The zero-order chi connectivity index (χ0) is 23.8. The molecular weight excluding hydrogens is 424 g/mol. The van der Waals surface area contributed by atoms with Gasteiger partial charge in [0.05, 0.1) is 37.6 Å². The molecule has 0 bridgehead atoms. The summed E-state index contributed by atoms with van der Waals surface area (Å²) in [5, 5.41) is 0. The summed E-state index contributed by atoms with van der Waals surface area (Å²) in [6, 6.07) is 30.8. The maximum atomic E-state index is 6.54. The third kappa shape index (κ3) is 6.77. The third-order valence-electron chi connectivity index (χ3n) is 6.34. The second kappa shape index (κ2) is 11.8. The van der Waals surface area contributed by atoms with E-state index in [1.807, 2.05) is 54.6 Å². The predicted molar refractivity (Wildman–Crippen MR) is 134 cm³/mol. The number of hydrogen-bond donors (Lipinski definition) is 0. The molecule has 1 heterocycles. The molecule has 180 valence electrons. The summed E-state index contributed by atoms with van der Waals surface area (Å²) in [5.74, 6) is 0. The minimum Gasteiger partial charge on any atom is -0.371 e. The summed E-state index contributed by atoms with van der Waals surface area (Å²) in [4.78, 5) is 0. The molecule has 1 fully saturated rings. The lowest BCUT2D eigenvalue weighted by Gasteiger charge is -2.47. The summed E-state index contributed by atoms with van der Waals surface area (Å²) in [7, 11) is 0. The Kier molecular flexibility index (Phi) is 8.52. The van der Waals surface area contributed by atoms with E-state index in [1.54, 1.807) is 0 Å². The fourth-order valence-corrected chi connectivity index (χ4v) is 4.43. The Morgan fingerprint density at radius 3 is 1.71 bits per heavy atom. The second-order valence-electron chi connectivity index (χ2n) is 9.58. The molecule has 4 atom stereocenters. The average molecular weight is 461 g/mol. The average Bonchev–Trinajstić information content (AvgIpc) is 2.87. The van der Waals surface area contributed by atoms with Gasteiger partial charge in [-0.05, 0) is 37.5 Å². The quantitative estimate of drug-likeness (QED) is 0.354. The van der Waals surface area contributed by atoms with E-state index in [-0.39, 0.29) is 24.4 Å². The summed E-state index contributed by atoms with van der Waals surface area (Å²) < 4.78 is 25.9. The molecule has 3 aromatic carbocycles. The minimum absolute atomic E-state index is 0.0435. The van der Waals surface area contributed by atoms with Gasteiger partial charge in [-0.2, -0.15) is 0 Å². The van der Waals surface area contributed by atoms with Gasteiger partial charge in [0.2, 0.25) is 0 Å². The Bertz CT molecular complexity index is 974. The van der Waals surface area contributed by atoms with Gasteiger partial charge in [-0.1, -0.05) is 91.0 Å². The van der Waals surface area contributed by atoms with Gasteiger partial charge in [0.25, 0.3) is 0 Å². The molecule has 0 amide bonds. The molecule has 34 heavy (non-hydrogen) atoms. The standard InChI is InChI=1S/C30H36O4/c1-23-19-27(31-20-24-13-7-4-8-14-24)28(32-21-25-15-9-5-10-16-25)29(34-23)30(2,3)33-22-26-17-11-6-12-18-26/h4-18,23,27-29H,19-22H2,1-3H3. The first-order valence-electron chi connectivity index (χ1n) is 12.2. The van der Waals surface area contributed by atoms with Crippen LogP contribution >= 0.6 is 0 Å². The molecule has 1 aliphatic rings. The second-order valence-corrected chi connectivity index (χ2v) is 9.58. The van der Waals surface area contributed by atoms with Crippen LogP contribution in [0.25, 0.3) is 0 Å². The fourth-order valence-electron chi connectivity index (χ4n) is 4.43. The number of ether oxygens (including phenoxy) is 4. The molecule has 4 rings (SSSR count). The van der Waals surface area contributed by atoms with E-state index in [0.29, 0.717) is 19.8 Å². The molecule has 3 aromatic rings. The molecule has 0 N–H and O–H groups in total. The zero-order valence-corrected chi connectivity index (χ0v) is 20.4. The SMILES string of the molecule is CC1CC(OCc2ccccc2)C(OCc2ccccc2)C(C(C)(C)OCc2ccccc2)O1. The lowest BCUT2D eigenvalue weighted by Crippen LogP contribution is -2.59. The van der Waals surface area contributed by atoms with Crippen LogP contribution in [0.1, 0.15) is 43.9 Å². The highest BCUT2D eigenvalue weighted by Gasteiger charge is 2.47. The Morgan fingerprint density at radius 1 is 0.706 bits per heavy atom. The van der Waals surface area contributed by atoms with Crippen LogP contribution in [-0.4, -0.2) is 30.0 Å². The van der Waals surface area contributed by atoms with E-state index in [2.05, 4.69) is 57.2 Å². The van der Waals surface area contributed by atoms with Crippen LogP contribution in [0.15, 0.2) is 91.0 Å². The first kappa shape index (κ1) is 24.6. The molecule has 0 saturated carbocycles. The lowest BCUT2D eigenvalue weighted by atomic mass is 9.88. The maximum Gasteiger partial charge on any atom is 0.115 e. The summed E-state index contributed by atoms with van der Waals surface area (Å²) in [6.45, 7) is 7.84. The van der Waals surface area contributed by atoms with Gasteiger partial charge in [0, 0.05) is 6.42 Å². The molecule has 1 aliphatic heterocycles. The fraction of sp³-hybridized carbons (Fsp3) is 0.400. The molecule has 0 radical (unpaired) electrons. The summed E-state index contributed by atoms with van der Waals surface area (Å²) in [5.41, 5.74) is 2.85. The topological polar surface area (TPSA) is 36.9 Å². The molecule has 4 heteroatoms. The van der Waals surface area contributed by atoms with Crippen molar-refractivity contribution in [1.82, 2.24) is 0 Å². The van der Waals surface area contributed by atoms with Crippen LogP contribution in [0, 0.1) is 0 Å². The summed E-state index contributed by atoms with van der Waals surface area (Å²) in [6.07, 6.45) is 0.187. The first-order chi connectivity index (χ1) is 16.5. The van der Waals surface area contributed by atoms with Crippen molar-refractivity contribution in [2.24, 2.45) is 0 Å². The summed E-state index contributed by atoms with van der Waals surface area (Å²) >= 11 is 0. The Balaban J connectivity index is 1.51. The van der Waals surface area contributed by atoms with E-state index < -0.39 is 5.60 Å². The number of benzene rings is 3. The number of rotatable bonds is 10. The number of hydrogen-bond acceptors (Lipinski definition) is 4. The van der Waals surface area contributed by atoms with Crippen molar-refractivity contribution in [2.75, 3.05) is 0 Å². The van der Waals surface area contributed by atoms with Gasteiger partial charge in [0.1, 0.15) is 12.2 Å². The van der Waals surface area contributed by atoms with Gasteiger partial charge >= 0.3 is 0 Å². The lowest BCUT2D eigenvalue weighted by molar-refractivity contribution is -0.256. The van der Waals surface area contributed by atoms with Crippen LogP contribution in [0.5, 0.6) is 0 Å². The largest absolute Gasteiger partial charge is 0.371 e. The van der Waals surface area contributed by atoms with Gasteiger partial charge < -0.3 is 18.9 Å². The zero-order valence-electron chi connectivity index (χ0n) is 20.4. The molecule has 4 nitrogen and oxygen atoms in total. The first-order valence-corrected chi connectivity index (χ1v) is 12.2. The molecule has 4 unspecified atom stereocenters. The van der Waals surface area contributed by atoms with Crippen LogP contribution in [0.4, 0.5) is 0 Å². The highest BCUT2D eigenvalue weighted by atomic mass is 16.6. The van der Waals surface area contributed by atoms with Crippen molar-refractivity contribution >= 4 is 0 Å². The van der Waals surface area contributed by atoms with Gasteiger partial charge in [-0.25, -0.2) is 0 Å². The van der Waals surface area contributed by atoms with Crippen LogP contribution in [-0.2, 0) is 38.8 Å². The van der Waals surface area contributed by atoms with Gasteiger partial charge in [-0.15, -0.1) is 0 Å². The monoisotopic (exact) mass is 460 g/mol. The smallest absolute Gasteiger partial charge is 0.115 e. The van der Waals surface area contributed by atoms with E-state index in [1.165, 1.54) is 0 Å². The Hall–Kier alpha value is -2.50. The van der Waals surface area contributed by atoms with Crippen LogP contribution in [0.3, 0.4) is 0 Å². The highest BCUT2D eigenvalue weighted by Crippen LogP contribution is 2.34. The van der Waals surface area contributed by atoms with E-state index >= 15 is 0 Å². The predicted octanol–water partition coefficient (Wildman–Crippen LogP) is 6.33. The minimum atomic E-state index is -0.569. The molecule has 1 saturated heterocycles. The van der Waals surface area contributed by atoms with E-state index in [4.69, 9.17) is 18.9 Å². The highest BCUT2D eigenvalue weighted by molar-refractivity contribution is 5.15.